The molecule has 0 bridgehead atoms. The van der Waals surface area contributed by atoms with E-state index in [2.05, 4.69) is 27.0 Å². The van der Waals surface area contributed by atoms with Gasteiger partial charge in [0.25, 0.3) is 0 Å². The summed E-state index contributed by atoms with van der Waals surface area (Å²) in [6, 6.07) is 8.09. The van der Waals surface area contributed by atoms with Crippen molar-refractivity contribution in [2.45, 2.75) is 13.5 Å². The highest BCUT2D eigenvalue weighted by Gasteiger charge is 2.11. The monoisotopic (exact) mass is 324 g/mol. The van der Waals surface area contributed by atoms with Crippen LogP contribution in [0.25, 0.3) is 0 Å². The maximum Gasteiger partial charge on any atom is 0.186 e. The van der Waals surface area contributed by atoms with Gasteiger partial charge in [0.15, 0.2) is 10.9 Å². The van der Waals surface area contributed by atoms with E-state index in [-0.39, 0.29) is 5.78 Å². The van der Waals surface area contributed by atoms with E-state index in [1.54, 1.807) is 5.38 Å². The summed E-state index contributed by atoms with van der Waals surface area (Å²) >= 11 is 5.02. The Hall–Kier alpha value is -1.20. The van der Waals surface area contributed by atoms with Crippen LogP contribution in [0.1, 0.15) is 23.0 Å². The summed E-state index contributed by atoms with van der Waals surface area (Å²) in [4.78, 5) is 17.6. The van der Waals surface area contributed by atoms with Crippen LogP contribution in [0.2, 0.25) is 0 Å². The van der Waals surface area contributed by atoms with Crippen molar-refractivity contribution in [3.63, 3.8) is 0 Å². The van der Waals surface area contributed by atoms with E-state index < -0.39 is 0 Å². The number of ketones is 1. The van der Waals surface area contributed by atoms with Gasteiger partial charge < -0.3 is 4.90 Å². The Kier molecular flexibility index (Phi) is 4.14. The second kappa shape index (κ2) is 5.63. The molecule has 0 saturated heterocycles. The molecule has 2 aromatic rings. The van der Waals surface area contributed by atoms with Crippen molar-refractivity contribution in [3.8, 4) is 0 Å². The number of rotatable bonds is 4. The first-order chi connectivity index (χ1) is 8.58. The Labute approximate surface area is 119 Å². The molecule has 0 saturated carbocycles. The average Bonchev–Trinajstić information content (AvgIpc) is 2.81. The van der Waals surface area contributed by atoms with Gasteiger partial charge in [-0.25, -0.2) is 4.98 Å². The molecule has 1 aromatic heterocycles. The quantitative estimate of drug-likeness (QED) is 0.803. The Balaban J connectivity index is 2.14. The van der Waals surface area contributed by atoms with Gasteiger partial charge >= 0.3 is 0 Å². The summed E-state index contributed by atoms with van der Waals surface area (Å²) in [5.74, 6) is 0.00629. The number of nitrogens with zero attached hydrogens (tertiary/aromatic N) is 2. The van der Waals surface area contributed by atoms with E-state index in [0.717, 1.165) is 16.1 Å². The highest BCUT2D eigenvalue weighted by molar-refractivity contribution is 9.10. The molecule has 0 atom stereocenters. The summed E-state index contributed by atoms with van der Waals surface area (Å²) in [7, 11) is 1.97. The van der Waals surface area contributed by atoms with Crippen LogP contribution in [0.4, 0.5) is 5.13 Å². The molecule has 0 radical (unpaired) electrons. The number of benzene rings is 1. The molecule has 0 N–H and O–H groups in total. The topological polar surface area (TPSA) is 33.2 Å². The van der Waals surface area contributed by atoms with E-state index in [0.29, 0.717) is 5.69 Å². The van der Waals surface area contributed by atoms with E-state index >= 15 is 0 Å². The Morgan fingerprint density at radius 2 is 2.17 bits per heavy atom. The zero-order chi connectivity index (χ0) is 13.1. The van der Waals surface area contributed by atoms with Crippen molar-refractivity contribution in [3.05, 3.63) is 45.4 Å². The first kappa shape index (κ1) is 13.2. The van der Waals surface area contributed by atoms with Crippen molar-refractivity contribution >= 4 is 38.2 Å². The van der Waals surface area contributed by atoms with Gasteiger partial charge in [-0.05, 0) is 11.6 Å². The lowest BCUT2D eigenvalue weighted by molar-refractivity contribution is 0.101. The number of halogens is 1. The summed E-state index contributed by atoms with van der Waals surface area (Å²) in [5, 5.41) is 2.66. The van der Waals surface area contributed by atoms with Gasteiger partial charge in [-0.1, -0.05) is 34.1 Å². The highest BCUT2D eigenvalue weighted by atomic mass is 79.9. The van der Waals surface area contributed by atoms with Crippen LogP contribution < -0.4 is 4.90 Å². The van der Waals surface area contributed by atoms with Gasteiger partial charge in [-0.3, -0.25) is 4.79 Å². The SMILES string of the molecule is CC(=O)c1csc(N(C)Cc2ccccc2Br)n1. The third kappa shape index (κ3) is 2.97. The molecule has 0 amide bonds. The van der Waals surface area contributed by atoms with Crippen LogP contribution in [0, 0.1) is 0 Å². The van der Waals surface area contributed by atoms with Gasteiger partial charge in [0, 0.05) is 30.4 Å². The number of aromatic nitrogens is 1. The Bertz CT molecular complexity index is 568. The predicted octanol–water partition coefficient (Wildman–Crippen LogP) is 3.74. The highest BCUT2D eigenvalue weighted by Crippen LogP contribution is 2.24. The van der Waals surface area contributed by atoms with Crippen molar-refractivity contribution in [2.24, 2.45) is 0 Å². The summed E-state index contributed by atoms with van der Waals surface area (Å²) in [6.45, 7) is 2.29. The zero-order valence-electron chi connectivity index (χ0n) is 10.2. The van der Waals surface area contributed by atoms with Crippen LogP contribution in [0.15, 0.2) is 34.1 Å². The van der Waals surface area contributed by atoms with Gasteiger partial charge in [0.05, 0.1) is 0 Å². The van der Waals surface area contributed by atoms with Crippen molar-refractivity contribution in [2.75, 3.05) is 11.9 Å². The van der Waals surface area contributed by atoms with Gasteiger partial charge in [0.1, 0.15) is 5.69 Å². The maximum atomic E-state index is 11.2. The minimum absolute atomic E-state index is 0.00629. The molecular weight excluding hydrogens is 312 g/mol. The van der Waals surface area contributed by atoms with Crippen LogP contribution in [0.3, 0.4) is 0 Å². The molecule has 5 heteroatoms. The Morgan fingerprint density at radius 1 is 1.44 bits per heavy atom. The normalized spacial score (nSPS) is 10.4. The molecule has 1 heterocycles. The smallest absolute Gasteiger partial charge is 0.186 e. The number of hydrogen-bond acceptors (Lipinski definition) is 4. The molecule has 94 valence electrons. The van der Waals surface area contributed by atoms with E-state index in [9.17, 15) is 4.79 Å². The molecule has 0 unspecified atom stereocenters. The Morgan fingerprint density at radius 3 is 2.78 bits per heavy atom. The number of hydrogen-bond donors (Lipinski definition) is 0. The lowest BCUT2D eigenvalue weighted by atomic mass is 10.2. The van der Waals surface area contributed by atoms with Crippen molar-refractivity contribution in [1.29, 1.82) is 0 Å². The predicted molar refractivity (Wildman–Crippen MR) is 78.4 cm³/mol. The summed E-state index contributed by atoms with van der Waals surface area (Å²) < 4.78 is 1.08. The second-order valence-electron chi connectivity index (χ2n) is 4.02. The van der Waals surface area contributed by atoms with Gasteiger partial charge in [0.2, 0.25) is 0 Å². The molecule has 3 nitrogen and oxygen atoms in total. The van der Waals surface area contributed by atoms with Crippen LogP contribution >= 0.6 is 27.3 Å². The molecule has 0 spiro atoms. The lowest BCUT2D eigenvalue weighted by Gasteiger charge is -2.16. The third-order valence-electron chi connectivity index (χ3n) is 2.54. The molecular formula is C13H13BrN2OS. The fourth-order valence-electron chi connectivity index (χ4n) is 1.55. The minimum atomic E-state index is 0.00629. The molecule has 18 heavy (non-hydrogen) atoms. The number of Topliss-reactive ketones (excluding diaryl/α,β-unsaturated/α-hetero) is 1. The molecule has 2 rings (SSSR count). The standard InChI is InChI=1S/C13H13BrN2OS/c1-9(17)12-8-18-13(15-12)16(2)7-10-5-3-4-6-11(10)14/h3-6,8H,7H2,1-2H3. The van der Waals surface area contributed by atoms with Gasteiger partial charge in [-0.2, -0.15) is 0 Å². The largest absolute Gasteiger partial charge is 0.347 e. The van der Waals surface area contributed by atoms with Crippen LogP contribution in [-0.4, -0.2) is 17.8 Å². The fraction of sp³-hybridized carbons (Fsp3) is 0.231. The third-order valence-corrected chi connectivity index (χ3v) is 4.27. The summed E-state index contributed by atoms with van der Waals surface area (Å²) in [6.07, 6.45) is 0. The van der Waals surface area contributed by atoms with E-state index in [1.807, 2.05) is 30.1 Å². The number of thiazole rings is 1. The van der Waals surface area contributed by atoms with Crippen LogP contribution in [0.5, 0.6) is 0 Å². The van der Waals surface area contributed by atoms with E-state index in [4.69, 9.17) is 0 Å². The van der Waals surface area contributed by atoms with Gasteiger partial charge in [-0.15, -0.1) is 11.3 Å². The van der Waals surface area contributed by atoms with Crippen LogP contribution in [-0.2, 0) is 6.54 Å². The summed E-state index contributed by atoms with van der Waals surface area (Å²) in [5.41, 5.74) is 1.73. The maximum absolute atomic E-state index is 11.2. The first-order valence-corrected chi connectivity index (χ1v) is 7.16. The average molecular weight is 325 g/mol. The van der Waals surface area contributed by atoms with Crippen molar-refractivity contribution < 1.29 is 4.79 Å². The minimum Gasteiger partial charge on any atom is -0.347 e. The van der Waals surface area contributed by atoms with Crippen molar-refractivity contribution in [1.82, 2.24) is 4.98 Å². The number of carbonyl (C=O) groups excluding carboxylic acids is 1. The zero-order valence-corrected chi connectivity index (χ0v) is 12.6. The second-order valence-corrected chi connectivity index (χ2v) is 5.71. The fourth-order valence-corrected chi connectivity index (χ4v) is 2.79. The molecule has 0 fully saturated rings. The molecule has 0 aliphatic carbocycles. The molecule has 1 aromatic carbocycles. The molecule has 0 aliphatic rings. The number of carbonyl (C=O) groups is 1. The number of anilines is 1. The lowest BCUT2D eigenvalue weighted by Crippen LogP contribution is -2.16. The molecule has 0 aliphatic heterocycles. The van der Waals surface area contributed by atoms with E-state index in [1.165, 1.54) is 23.8 Å². The first-order valence-electron chi connectivity index (χ1n) is 5.49.